The van der Waals surface area contributed by atoms with Gasteiger partial charge in [-0.1, -0.05) is 41.4 Å². The van der Waals surface area contributed by atoms with E-state index < -0.39 is 24.1 Å². The minimum atomic E-state index is -1.13. The van der Waals surface area contributed by atoms with Crippen LogP contribution in [0.15, 0.2) is 60.7 Å². The maximum atomic E-state index is 14.0. The van der Waals surface area contributed by atoms with Gasteiger partial charge in [0.15, 0.2) is 0 Å². The third-order valence-electron chi connectivity index (χ3n) is 6.07. The SMILES string of the molecule is CCOC(=O)CC1OC(c2ccccc2Cl)c2cc(Cl)ccc2N(Cc2ccc(OC)cc2OC)C1=O. The minimum absolute atomic E-state index is 0.151. The molecule has 3 aromatic rings. The van der Waals surface area contributed by atoms with Crippen LogP contribution in [0.5, 0.6) is 11.5 Å². The number of anilines is 1. The lowest BCUT2D eigenvalue weighted by molar-refractivity contribution is -0.151. The number of ether oxygens (including phenoxy) is 4. The molecule has 1 aliphatic rings. The summed E-state index contributed by atoms with van der Waals surface area (Å²) in [6.07, 6.45) is -2.14. The molecule has 0 N–H and O–H groups in total. The van der Waals surface area contributed by atoms with E-state index in [-0.39, 0.29) is 19.6 Å². The summed E-state index contributed by atoms with van der Waals surface area (Å²) in [6, 6.07) is 17.8. The number of carbonyl (C=O) groups excluding carboxylic acids is 2. The van der Waals surface area contributed by atoms with Crippen LogP contribution in [0.4, 0.5) is 5.69 Å². The van der Waals surface area contributed by atoms with Crippen molar-refractivity contribution in [2.24, 2.45) is 0 Å². The van der Waals surface area contributed by atoms with Gasteiger partial charge in [0.25, 0.3) is 5.91 Å². The highest BCUT2D eigenvalue weighted by Crippen LogP contribution is 2.43. The van der Waals surface area contributed by atoms with Crippen molar-refractivity contribution in [3.05, 3.63) is 87.4 Å². The van der Waals surface area contributed by atoms with Crippen LogP contribution in [0, 0.1) is 0 Å². The van der Waals surface area contributed by atoms with E-state index in [4.69, 9.17) is 42.1 Å². The van der Waals surface area contributed by atoms with E-state index in [1.165, 1.54) is 0 Å². The summed E-state index contributed by atoms with van der Waals surface area (Å²) in [5.74, 6) is 0.239. The molecule has 1 amide bonds. The zero-order valence-electron chi connectivity index (χ0n) is 20.7. The smallest absolute Gasteiger partial charge is 0.308 e. The monoisotopic (exact) mass is 543 g/mol. The van der Waals surface area contributed by atoms with Crippen molar-refractivity contribution in [2.45, 2.75) is 32.1 Å². The topological polar surface area (TPSA) is 74.3 Å². The standard InChI is InChI=1S/C28H27Cl2NO6/c1-4-36-26(32)15-25-28(33)31(16-17-9-11-19(34-2)14-24(17)35-3)23-12-10-18(29)13-21(23)27(37-25)20-7-5-6-8-22(20)30/h5-14,25,27H,4,15-16H2,1-3H3. The number of fused-ring (bicyclic) bond motifs is 1. The average Bonchev–Trinajstić information content (AvgIpc) is 2.99. The van der Waals surface area contributed by atoms with Crippen LogP contribution >= 0.6 is 23.2 Å². The molecule has 0 fully saturated rings. The Labute approximate surface area is 225 Å². The van der Waals surface area contributed by atoms with E-state index in [0.29, 0.717) is 38.4 Å². The zero-order valence-corrected chi connectivity index (χ0v) is 22.2. The van der Waals surface area contributed by atoms with Crippen LogP contribution in [0.25, 0.3) is 0 Å². The minimum Gasteiger partial charge on any atom is -0.497 e. The van der Waals surface area contributed by atoms with Gasteiger partial charge in [-0.25, -0.2) is 0 Å². The second-order valence-electron chi connectivity index (χ2n) is 8.34. The second-order valence-corrected chi connectivity index (χ2v) is 9.18. The summed E-state index contributed by atoms with van der Waals surface area (Å²) in [5, 5.41) is 0.934. The molecule has 0 saturated heterocycles. The Morgan fingerprint density at radius 1 is 1.00 bits per heavy atom. The number of carbonyl (C=O) groups is 2. The third-order valence-corrected chi connectivity index (χ3v) is 6.65. The lowest BCUT2D eigenvalue weighted by atomic mass is 9.99. The number of amides is 1. The average molecular weight is 544 g/mol. The highest BCUT2D eigenvalue weighted by molar-refractivity contribution is 6.31. The second kappa shape index (κ2) is 11.9. The van der Waals surface area contributed by atoms with Gasteiger partial charge in [-0.15, -0.1) is 0 Å². The van der Waals surface area contributed by atoms with Gasteiger partial charge in [-0.3, -0.25) is 9.59 Å². The largest absolute Gasteiger partial charge is 0.497 e. The Kier molecular flexibility index (Phi) is 8.59. The predicted molar refractivity (Wildman–Crippen MR) is 142 cm³/mol. The van der Waals surface area contributed by atoms with Gasteiger partial charge in [0.2, 0.25) is 0 Å². The number of hydrogen-bond acceptors (Lipinski definition) is 6. The van der Waals surface area contributed by atoms with Gasteiger partial charge in [0.1, 0.15) is 23.7 Å². The van der Waals surface area contributed by atoms with Crippen LogP contribution < -0.4 is 14.4 Å². The quantitative estimate of drug-likeness (QED) is 0.325. The van der Waals surface area contributed by atoms with Crippen molar-refractivity contribution in [2.75, 3.05) is 25.7 Å². The lowest BCUT2D eigenvalue weighted by Crippen LogP contribution is -2.40. The first-order chi connectivity index (χ1) is 17.9. The fourth-order valence-electron chi connectivity index (χ4n) is 4.32. The van der Waals surface area contributed by atoms with E-state index >= 15 is 0 Å². The lowest BCUT2D eigenvalue weighted by Gasteiger charge is -2.26. The van der Waals surface area contributed by atoms with Crippen LogP contribution in [0.3, 0.4) is 0 Å². The Balaban J connectivity index is 1.86. The first kappa shape index (κ1) is 26.8. The van der Waals surface area contributed by atoms with Crippen molar-refractivity contribution in [1.82, 2.24) is 0 Å². The number of methoxy groups -OCH3 is 2. The van der Waals surface area contributed by atoms with Crippen LogP contribution in [0.1, 0.15) is 36.1 Å². The highest BCUT2D eigenvalue weighted by atomic mass is 35.5. The number of rotatable bonds is 8. The number of halogens is 2. The van der Waals surface area contributed by atoms with Gasteiger partial charge < -0.3 is 23.8 Å². The molecule has 0 saturated carbocycles. The number of benzene rings is 3. The summed E-state index contributed by atoms with van der Waals surface area (Å²) < 4.78 is 22.4. The molecule has 9 heteroatoms. The maximum absolute atomic E-state index is 14.0. The van der Waals surface area contributed by atoms with Crippen molar-refractivity contribution >= 4 is 40.8 Å². The van der Waals surface area contributed by atoms with Crippen molar-refractivity contribution < 1.29 is 28.5 Å². The summed E-state index contributed by atoms with van der Waals surface area (Å²) in [7, 11) is 3.12. The fourth-order valence-corrected chi connectivity index (χ4v) is 4.74. The number of hydrogen-bond donors (Lipinski definition) is 0. The van der Waals surface area contributed by atoms with Gasteiger partial charge in [0.05, 0.1) is 39.5 Å². The molecule has 1 aliphatic heterocycles. The van der Waals surface area contributed by atoms with Crippen molar-refractivity contribution in [3.63, 3.8) is 0 Å². The van der Waals surface area contributed by atoms with Crippen molar-refractivity contribution in [3.8, 4) is 11.5 Å². The Hall–Kier alpha value is -3.26. The van der Waals surface area contributed by atoms with Crippen LogP contribution in [0.2, 0.25) is 10.0 Å². The Morgan fingerprint density at radius 3 is 2.49 bits per heavy atom. The summed E-state index contributed by atoms with van der Waals surface area (Å²) in [5.41, 5.74) is 2.62. The number of nitrogens with zero attached hydrogens (tertiary/aromatic N) is 1. The molecule has 1 heterocycles. The Morgan fingerprint density at radius 2 is 1.78 bits per heavy atom. The molecular weight excluding hydrogens is 517 g/mol. The molecular formula is C28H27Cl2NO6. The molecule has 3 aromatic carbocycles. The van der Waals surface area contributed by atoms with Gasteiger partial charge >= 0.3 is 5.97 Å². The summed E-state index contributed by atoms with van der Waals surface area (Å²) >= 11 is 13.0. The molecule has 37 heavy (non-hydrogen) atoms. The van der Waals surface area contributed by atoms with E-state index in [0.717, 1.165) is 5.56 Å². The van der Waals surface area contributed by atoms with Gasteiger partial charge in [-0.05, 0) is 43.3 Å². The molecule has 194 valence electrons. The van der Waals surface area contributed by atoms with E-state index in [1.807, 2.05) is 24.3 Å². The van der Waals surface area contributed by atoms with Crippen molar-refractivity contribution in [1.29, 1.82) is 0 Å². The van der Waals surface area contributed by atoms with E-state index in [1.54, 1.807) is 62.4 Å². The molecule has 4 rings (SSSR count). The molecule has 0 radical (unpaired) electrons. The van der Waals surface area contributed by atoms with Crippen LogP contribution in [-0.2, 0) is 25.6 Å². The molecule has 0 aromatic heterocycles. The molecule has 0 bridgehead atoms. The third kappa shape index (κ3) is 5.85. The van der Waals surface area contributed by atoms with Gasteiger partial charge in [-0.2, -0.15) is 0 Å². The first-order valence-electron chi connectivity index (χ1n) is 11.7. The zero-order chi connectivity index (χ0) is 26.5. The normalized spacial score (nSPS) is 17.1. The number of esters is 1. The first-order valence-corrected chi connectivity index (χ1v) is 12.5. The molecule has 0 spiro atoms. The molecule has 2 atom stereocenters. The molecule has 2 unspecified atom stereocenters. The molecule has 0 aliphatic carbocycles. The maximum Gasteiger partial charge on any atom is 0.308 e. The van der Waals surface area contributed by atoms with E-state index in [2.05, 4.69) is 0 Å². The highest BCUT2D eigenvalue weighted by Gasteiger charge is 2.39. The van der Waals surface area contributed by atoms with Gasteiger partial charge in [0, 0.05) is 32.8 Å². The predicted octanol–water partition coefficient (Wildman–Crippen LogP) is 5.99. The fraction of sp³-hybridized carbons (Fsp3) is 0.286. The summed E-state index contributed by atoms with van der Waals surface area (Å²) in [4.78, 5) is 28.1. The molecule has 7 nitrogen and oxygen atoms in total. The van der Waals surface area contributed by atoms with E-state index in [9.17, 15) is 9.59 Å². The summed E-state index contributed by atoms with van der Waals surface area (Å²) in [6.45, 7) is 2.05. The Bertz CT molecular complexity index is 1300. The van der Waals surface area contributed by atoms with Crippen LogP contribution in [-0.4, -0.2) is 38.8 Å².